The highest BCUT2D eigenvalue weighted by Gasteiger charge is 2.27. The van der Waals surface area contributed by atoms with Gasteiger partial charge in [-0.25, -0.2) is 9.37 Å². The topological polar surface area (TPSA) is 70.2 Å². The molecule has 0 aliphatic carbocycles. The molecule has 5 rings (SSSR count). The van der Waals surface area contributed by atoms with Crippen molar-refractivity contribution >= 4 is 28.3 Å². The van der Waals surface area contributed by atoms with Gasteiger partial charge in [0.2, 0.25) is 0 Å². The fourth-order valence-corrected chi connectivity index (χ4v) is 4.53. The first kappa shape index (κ1) is 21.0. The number of benzene rings is 2. The molecule has 0 radical (unpaired) electrons. The highest BCUT2D eigenvalue weighted by molar-refractivity contribution is 5.99. The van der Waals surface area contributed by atoms with E-state index in [0.717, 1.165) is 24.1 Å². The van der Waals surface area contributed by atoms with Crippen molar-refractivity contribution < 1.29 is 13.9 Å². The smallest absolute Gasteiger partial charge is 0.257 e. The number of pyridine rings is 1. The van der Waals surface area contributed by atoms with Crippen molar-refractivity contribution in [1.29, 1.82) is 0 Å². The van der Waals surface area contributed by atoms with Gasteiger partial charge in [-0.1, -0.05) is 6.07 Å². The molecule has 0 atom stereocenters. The summed E-state index contributed by atoms with van der Waals surface area (Å²) in [6.07, 6.45) is 5.45. The van der Waals surface area contributed by atoms with Gasteiger partial charge in [0.15, 0.2) is 0 Å². The number of piperidine rings is 1. The zero-order valence-corrected chi connectivity index (χ0v) is 18.3. The number of aromatic amines is 1. The number of ether oxygens (including phenoxy) is 1. The largest absolute Gasteiger partial charge is 0.497 e. The molecule has 4 aromatic rings. The van der Waals surface area contributed by atoms with Crippen LogP contribution < -0.4 is 10.1 Å². The summed E-state index contributed by atoms with van der Waals surface area (Å²) in [4.78, 5) is 22.9. The number of nitrogens with one attached hydrogen (secondary N) is 2. The Morgan fingerprint density at radius 3 is 2.79 bits per heavy atom. The number of likely N-dealkylation sites (tertiary alicyclic amines) is 1. The Morgan fingerprint density at radius 2 is 2.00 bits per heavy atom. The van der Waals surface area contributed by atoms with Gasteiger partial charge in [0.25, 0.3) is 5.91 Å². The molecule has 1 amide bonds. The minimum absolute atomic E-state index is 0.0685. The first-order valence-electron chi connectivity index (χ1n) is 11.0. The van der Waals surface area contributed by atoms with Crippen LogP contribution in [0.2, 0.25) is 0 Å². The van der Waals surface area contributed by atoms with Crippen LogP contribution in [-0.4, -0.2) is 41.0 Å². The first-order valence-corrected chi connectivity index (χ1v) is 11.0. The van der Waals surface area contributed by atoms with Gasteiger partial charge in [-0.05, 0) is 72.9 Å². The number of hydrogen-bond acceptors (Lipinski definition) is 4. The van der Waals surface area contributed by atoms with Gasteiger partial charge in [-0.3, -0.25) is 4.79 Å². The van der Waals surface area contributed by atoms with E-state index in [0.29, 0.717) is 36.1 Å². The van der Waals surface area contributed by atoms with Gasteiger partial charge < -0.3 is 19.9 Å². The number of carbonyl (C=O) groups excluding carboxylic acids is 1. The van der Waals surface area contributed by atoms with Gasteiger partial charge >= 0.3 is 0 Å². The van der Waals surface area contributed by atoms with Crippen LogP contribution in [0.3, 0.4) is 0 Å². The molecule has 33 heavy (non-hydrogen) atoms. The second kappa shape index (κ2) is 8.94. The standard InChI is InChI=1S/C26H25FN4O2/c1-33-20-7-8-24-22(15-20)23(16-29-24)17-9-12-31(13-10-17)26(32)21-6-3-11-28-25(21)30-19-5-2-4-18(27)14-19/h2-8,11,14-17,29H,9-10,12-13H2,1H3,(H,28,30). The van der Waals surface area contributed by atoms with Crippen molar-refractivity contribution in [3.63, 3.8) is 0 Å². The van der Waals surface area contributed by atoms with E-state index in [9.17, 15) is 9.18 Å². The van der Waals surface area contributed by atoms with Crippen molar-refractivity contribution in [3.05, 3.63) is 83.9 Å². The highest BCUT2D eigenvalue weighted by atomic mass is 19.1. The normalized spacial score (nSPS) is 14.4. The zero-order chi connectivity index (χ0) is 22.8. The Morgan fingerprint density at radius 1 is 1.15 bits per heavy atom. The van der Waals surface area contributed by atoms with Crippen LogP contribution >= 0.6 is 0 Å². The number of rotatable bonds is 5. The third-order valence-electron chi connectivity index (χ3n) is 6.27. The summed E-state index contributed by atoms with van der Waals surface area (Å²) >= 11 is 0. The number of amides is 1. The van der Waals surface area contributed by atoms with Gasteiger partial charge in [0.1, 0.15) is 17.4 Å². The summed E-state index contributed by atoms with van der Waals surface area (Å²) < 4.78 is 19.0. The highest BCUT2D eigenvalue weighted by Crippen LogP contribution is 2.35. The maximum absolute atomic E-state index is 13.6. The van der Waals surface area contributed by atoms with Gasteiger partial charge in [-0.2, -0.15) is 0 Å². The SMILES string of the molecule is COc1ccc2[nH]cc(C3CCN(C(=O)c4cccnc4Nc4cccc(F)c4)CC3)c2c1. The summed E-state index contributed by atoms with van der Waals surface area (Å²) in [5, 5.41) is 4.25. The van der Waals surface area contributed by atoms with Crippen LogP contribution in [0, 0.1) is 5.82 Å². The molecule has 6 nitrogen and oxygen atoms in total. The molecule has 168 valence electrons. The number of nitrogens with zero attached hydrogens (tertiary/aromatic N) is 2. The van der Waals surface area contributed by atoms with Crippen LogP contribution in [0.25, 0.3) is 10.9 Å². The Hall–Kier alpha value is -3.87. The predicted molar refractivity (Wildman–Crippen MR) is 127 cm³/mol. The number of aromatic nitrogens is 2. The number of carbonyl (C=O) groups is 1. The lowest BCUT2D eigenvalue weighted by Gasteiger charge is -2.32. The number of anilines is 2. The fraction of sp³-hybridized carbons (Fsp3) is 0.231. The van der Waals surface area contributed by atoms with Gasteiger partial charge in [-0.15, -0.1) is 0 Å². The molecule has 1 fully saturated rings. The predicted octanol–water partition coefficient (Wildman–Crippen LogP) is 5.47. The second-order valence-corrected chi connectivity index (χ2v) is 8.26. The number of fused-ring (bicyclic) bond motifs is 1. The number of H-pyrrole nitrogens is 1. The van der Waals surface area contributed by atoms with Crippen molar-refractivity contribution in [3.8, 4) is 5.75 Å². The van der Waals surface area contributed by atoms with Crippen molar-refractivity contribution in [2.24, 2.45) is 0 Å². The molecule has 0 bridgehead atoms. The molecule has 1 saturated heterocycles. The number of methoxy groups -OCH3 is 1. The fourth-order valence-electron chi connectivity index (χ4n) is 4.53. The quantitative estimate of drug-likeness (QED) is 0.428. The van der Waals surface area contributed by atoms with Crippen LogP contribution in [0.5, 0.6) is 5.75 Å². The minimum Gasteiger partial charge on any atom is -0.497 e. The molecular weight excluding hydrogens is 419 g/mol. The molecule has 0 unspecified atom stereocenters. The molecule has 0 saturated carbocycles. The molecule has 7 heteroatoms. The summed E-state index contributed by atoms with van der Waals surface area (Å²) in [5.74, 6) is 1.22. The second-order valence-electron chi connectivity index (χ2n) is 8.26. The Balaban J connectivity index is 1.31. The molecule has 1 aliphatic heterocycles. The summed E-state index contributed by atoms with van der Waals surface area (Å²) in [6.45, 7) is 1.32. The molecule has 3 heterocycles. The maximum Gasteiger partial charge on any atom is 0.257 e. The third-order valence-corrected chi connectivity index (χ3v) is 6.27. The lowest BCUT2D eigenvalue weighted by atomic mass is 9.89. The van der Waals surface area contributed by atoms with E-state index in [1.807, 2.05) is 17.0 Å². The zero-order valence-electron chi connectivity index (χ0n) is 18.3. The van der Waals surface area contributed by atoms with Crippen molar-refractivity contribution in [2.75, 3.05) is 25.5 Å². The maximum atomic E-state index is 13.6. The molecule has 1 aliphatic rings. The van der Waals surface area contributed by atoms with E-state index in [2.05, 4.69) is 27.5 Å². The first-order chi connectivity index (χ1) is 16.1. The van der Waals surface area contributed by atoms with E-state index >= 15 is 0 Å². The monoisotopic (exact) mass is 444 g/mol. The van der Waals surface area contributed by atoms with E-state index in [1.165, 1.54) is 23.1 Å². The van der Waals surface area contributed by atoms with Crippen LogP contribution in [0.1, 0.15) is 34.7 Å². The Labute approximate surface area is 191 Å². The lowest BCUT2D eigenvalue weighted by molar-refractivity contribution is 0.0714. The van der Waals surface area contributed by atoms with Crippen molar-refractivity contribution in [2.45, 2.75) is 18.8 Å². The minimum atomic E-state index is -0.346. The summed E-state index contributed by atoms with van der Waals surface area (Å²) in [5.41, 5.74) is 3.40. The molecule has 2 N–H and O–H groups in total. The van der Waals surface area contributed by atoms with E-state index in [1.54, 1.807) is 37.6 Å². The molecule has 0 spiro atoms. The number of hydrogen-bond donors (Lipinski definition) is 2. The molecular formula is C26H25FN4O2. The summed E-state index contributed by atoms with van der Waals surface area (Å²) in [7, 11) is 1.67. The lowest BCUT2D eigenvalue weighted by Crippen LogP contribution is -2.38. The van der Waals surface area contributed by atoms with E-state index < -0.39 is 0 Å². The van der Waals surface area contributed by atoms with Gasteiger partial charge in [0, 0.05) is 42.1 Å². The van der Waals surface area contributed by atoms with Crippen LogP contribution in [0.15, 0.2) is 67.0 Å². The van der Waals surface area contributed by atoms with Crippen molar-refractivity contribution in [1.82, 2.24) is 14.9 Å². The average Bonchev–Trinajstić information content (AvgIpc) is 3.27. The average molecular weight is 445 g/mol. The van der Waals surface area contributed by atoms with E-state index in [4.69, 9.17) is 4.74 Å². The number of halogens is 1. The van der Waals surface area contributed by atoms with Gasteiger partial charge in [0.05, 0.1) is 12.7 Å². The molecule has 2 aromatic carbocycles. The van der Waals surface area contributed by atoms with E-state index in [-0.39, 0.29) is 11.7 Å². The van der Waals surface area contributed by atoms with Crippen LogP contribution in [0.4, 0.5) is 15.9 Å². The van der Waals surface area contributed by atoms with Crippen LogP contribution in [-0.2, 0) is 0 Å². The summed E-state index contributed by atoms with van der Waals surface area (Å²) in [6, 6.07) is 15.7. The third kappa shape index (κ3) is 4.26. The Bertz CT molecular complexity index is 1290. The Kier molecular flexibility index (Phi) is 5.69. The molecule has 2 aromatic heterocycles.